The molecule has 1 aromatic carbocycles. The van der Waals surface area contributed by atoms with Crippen LogP contribution in [0.4, 0.5) is 0 Å². The van der Waals surface area contributed by atoms with Gasteiger partial charge in [0, 0.05) is 31.2 Å². The van der Waals surface area contributed by atoms with Crippen LogP contribution < -0.4 is 0 Å². The number of piperidine rings is 1. The summed E-state index contributed by atoms with van der Waals surface area (Å²) in [6.45, 7) is 3.65. The second kappa shape index (κ2) is 9.31. The smallest absolute Gasteiger partial charge is 0.289 e. The Kier molecular flexibility index (Phi) is 6.35. The van der Waals surface area contributed by atoms with Gasteiger partial charge >= 0.3 is 0 Å². The quantitative estimate of drug-likeness (QED) is 0.547. The lowest BCUT2D eigenvalue weighted by Gasteiger charge is -2.31. The van der Waals surface area contributed by atoms with Crippen LogP contribution in [0, 0.1) is 6.92 Å². The van der Waals surface area contributed by atoms with Gasteiger partial charge in [0.15, 0.2) is 5.76 Å². The summed E-state index contributed by atoms with van der Waals surface area (Å²) in [4.78, 5) is 18.8. The molecule has 0 bridgehead atoms. The fourth-order valence-electron chi connectivity index (χ4n) is 3.85. The van der Waals surface area contributed by atoms with E-state index in [0.717, 1.165) is 43.2 Å². The van der Waals surface area contributed by atoms with Crippen molar-refractivity contribution in [3.05, 3.63) is 89.1 Å². The molecule has 5 heteroatoms. The molecule has 150 valence electrons. The van der Waals surface area contributed by atoms with Gasteiger partial charge in [-0.3, -0.25) is 9.78 Å². The van der Waals surface area contributed by atoms with E-state index in [0.29, 0.717) is 11.7 Å². The number of thioether (sulfide) groups is 1. The van der Waals surface area contributed by atoms with Crippen LogP contribution in [0.15, 0.2) is 65.3 Å². The van der Waals surface area contributed by atoms with Gasteiger partial charge < -0.3 is 9.32 Å². The lowest BCUT2D eigenvalue weighted by atomic mass is 9.90. The molecule has 3 aromatic rings. The van der Waals surface area contributed by atoms with Gasteiger partial charge in [-0.05, 0) is 61.1 Å². The fourth-order valence-corrected chi connectivity index (χ4v) is 4.72. The highest BCUT2D eigenvalue weighted by Crippen LogP contribution is 2.28. The van der Waals surface area contributed by atoms with Gasteiger partial charge in [-0.1, -0.05) is 29.8 Å². The molecule has 2 aromatic heterocycles. The molecule has 4 rings (SSSR count). The summed E-state index contributed by atoms with van der Waals surface area (Å²) in [6.07, 6.45) is 5.65. The maximum Gasteiger partial charge on any atom is 0.289 e. The van der Waals surface area contributed by atoms with E-state index in [-0.39, 0.29) is 5.91 Å². The number of hydrogen-bond donors (Lipinski definition) is 0. The van der Waals surface area contributed by atoms with Crippen LogP contribution in [-0.4, -0.2) is 28.9 Å². The van der Waals surface area contributed by atoms with E-state index in [4.69, 9.17) is 4.42 Å². The predicted molar refractivity (Wildman–Crippen MR) is 117 cm³/mol. The number of furan rings is 1. The summed E-state index contributed by atoms with van der Waals surface area (Å²) in [5.41, 5.74) is 3.91. The van der Waals surface area contributed by atoms with Crippen molar-refractivity contribution in [1.82, 2.24) is 9.88 Å². The molecular formula is C24H26N2O2S. The molecule has 0 saturated carbocycles. The number of pyridine rings is 1. The monoisotopic (exact) mass is 406 g/mol. The zero-order valence-corrected chi connectivity index (χ0v) is 17.5. The first kappa shape index (κ1) is 19.8. The van der Waals surface area contributed by atoms with E-state index < -0.39 is 0 Å². The number of aromatic nitrogens is 1. The van der Waals surface area contributed by atoms with E-state index in [1.165, 1.54) is 16.7 Å². The van der Waals surface area contributed by atoms with Gasteiger partial charge in [-0.25, -0.2) is 0 Å². The minimum Gasteiger partial charge on any atom is -0.455 e. The normalized spacial score (nSPS) is 14.9. The third-order valence-electron chi connectivity index (χ3n) is 5.43. The molecule has 1 fully saturated rings. The molecule has 0 N–H and O–H groups in total. The van der Waals surface area contributed by atoms with E-state index in [9.17, 15) is 4.79 Å². The molecule has 3 heterocycles. The van der Waals surface area contributed by atoms with Gasteiger partial charge in [-0.15, -0.1) is 11.8 Å². The van der Waals surface area contributed by atoms with Crippen molar-refractivity contribution in [2.75, 3.05) is 13.1 Å². The highest BCUT2D eigenvalue weighted by molar-refractivity contribution is 7.97. The van der Waals surface area contributed by atoms with Crippen LogP contribution in [0.1, 0.15) is 51.8 Å². The van der Waals surface area contributed by atoms with Crippen molar-refractivity contribution in [3.8, 4) is 0 Å². The Morgan fingerprint density at radius 2 is 1.90 bits per heavy atom. The topological polar surface area (TPSA) is 46.3 Å². The second-order valence-corrected chi connectivity index (χ2v) is 8.58. The Bertz CT molecular complexity index is 946. The largest absolute Gasteiger partial charge is 0.455 e. The average Bonchev–Trinajstić information content (AvgIpc) is 3.23. The van der Waals surface area contributed by atoms with Gasteiger partial charge in [0.1, 0.15) is 5.76 Å². The number of carbonyl (C=O) groups is 1. The third-order valence-corrected chi connectivity index (χ3v) is 6.45. The van der Waals surface area contributed by atoms with Crippen LogP contribution in [0.25, 0.3) is 0 Å². The van der Waals surface area contributed by atoms with Crippen molar-refractivity contribution in [1.29, 1.82) is 0 Å². The number of hydrogen-bond acceptors (Lipinski definition) is 4. The minimum atomic E-state index is 0.00751. The summed E-state index contributed by atoms with van der Waals surface area (Å²) < 4.78 is 5.85. The maximum absolute atomic E-state index is 12.8. The molecule has 0 atom stereocenters. The Hall–Kier alpha value is -2.53. The Balaban J connectivity index is 1.27. The van der Waals surface area contributed by atoms with E-state index in [2.05, 4.69) is 48.3 Å². The predicted octanol–water partition coefficient (Wildman–Crippen LogP) is 5.44. The number of amides is 1. The number of carbonyl (C=O) groups excluding carboxylic acids is 1. The Labute approximate surface area is 176 Å². The van der Waals surface area contributed by atoms with E-state index >= 15 is 0 Å². The molecule has 1 aliphatic heterocycles. The molecule has 1 amide bonds. The standard InChI is InChI=1S/C24H26N2O2S/c1-18-3-2-4-19(15-18)16-29-17-22-5-6-23(28-22)24(27)26-13-9-21(10-14-26)20-7-11-25-12-8-20/h2-8,11-12,15,21H,9-10,13-14,16-17H2,1H3. The Morgan fingerprint density at radius 1 is 1.10 bits per heavy atom. The maximum atomic E-state index is 12.8. The van der Waals surface area contributed by atoms with Crippen molar-refractivity contribution in [2.24, 2.45) is 0 Å². The van der Waals surface area contributed by atoms with Crippen molar-refractivity contribution >= 4 is 17.7 Å². The van der Waals surface area contributed by atoms with Gasteiger partial charge in [0.05, 0.1) is 5.75 Å². The van der Waals surface area contributed by atoms with Crippen LogP contribution >= 0.6 is 11.8 Å². The second-order valence-electron chi connectivity index (χ2n) is 7.59. The van der Waals surface area contributed by atoms with Crippen LogP contribution in [0.3, 0.4) is 0 Å². The number of aryl methyl sites for hydroxylation is 1. The summed E-state index contributed by atoms with van der Waals surface area (Å²) in [5.74, 6) is 3.54. The molecule has 1 aliphatic rings. The molecule has 0 unspecified atom stereocenters. The molecule has 4 nitrogen and oxygen atoms in total. The zero-order valence-electron chi connectivity index (χ0n) is 16.7. The van der Waals surface area contributed by atoms with Crippen LogP contribution in [0.2, 0.25) is 0 Å². The highest BCUT2D eigenvalue weighted by Gasteiger charge is 2.26. The number of rotatable bonds is 6. The lowest BCUT2D eigenvalue weighted by molar-refractivity contribution is 0.0679. The lowest BCUT2D eigenvalue weighted by Crippen LogP contribution is -2.37. The highest BCUT2D eigenvalue weighted by atomic mass is 32.2. The molecule has 0 radical (unpaired) electrons. The zero-order chi connectivity index (χ0) is 20.1. The van der Waals surface area contributed by atoms with Crippen LogP contribution in [-0.2, 0) is 11.5 Å². The van der Waals surface area contributed by atoms with Crippen molar-refractivity contribution in [2.45, 2.75) is 37.2 Å². The van der Waals surface area contributed by atoms with E-state index in [1.54, 1.807) is 11.8 Å². The summed E-state index contributed by atoms with van der Waals surface area (Å²) in [5, 5.41) is 0. The summed E-state index contributed by atoms with van der Waals surface area (Å²) in [6, 6.07) is 16.5. The van der Waals surface area contributed by atoms with Crippen LogP contribution in [0.5, 0.6) is 0 Å². The van der Waals surface area contributed by atoms with Gasteiger partial charge in [0.25, 0.3) is 5.91 Å². The number of likely N-dealkylation sites (tertiary alicyclic amines) is 1. The van der Waals surface area contributed by atoms with Crippen molar-refractivity contribution in [3.63, 3.8) is 0 Å². The molecule has 0 aliphatic carbocycles. The van der Waals surface area contributed by atoms with Gasteiger partial charge in [0.2, 0.25) is 0 Å². The summed E-state index contributed by atoms with van der Waals surface area (Å²) >= 11 is 1.80. The molecule has 1 saturated heterocycles. The number of benzene rings is 1. The first-order valence-corrected chi connectivity index (χ1v) is 11.3. The fraction of sp³-hybridized carbons (Fsp3) is 0.333. The summed E-state index contributed by atoms with van der Waals surface area (Å²) in [7, 11) is 0. The average molecular weight is 407 g/mol. The minimum absolute atomic E-state index is 0.00751. The molecule has 29 heavy (non-hydrogen) atoms. The first-order valence-electron chi connectivity index (χ1n) is 10.1. The number of nitrogens with zero attached hydrogens (tertiary/aromatic N) is 2. The Morgan fingerprint density at radius 3 is 2.66 bits per heavy atom. The molecule has 0 spiro atoms. The van der Waals surface area contributed by atoms with Gasteiger partial charge in [-0.2, -0.15) is 0 Å². The third kappa shape index (κ3) is 5.10. The first-order chi connectivity index (χ1) is 14.2. The van der Waals surface area contributed by atoms with E-state index in [1.807, 2.05) is 29.4 Å². The molecular weight excluding hydrogens is 380 g/mol. The van der Waals surface area contributed by atoms with Crippen molar-refractivity contribution < 1.29 is 9.21 Å². The SMILES string of the molecule is Cc1cccc(CSCc2ccc(C(=O)N3CCC(c4ccncc4)CC3)o2)c1.